The van der Waals surface area contributed by atoms with Crippen LogP contribution in [0.25, 0.3) is 0 Å². The molecule has 2 aliphatic carbocycles. The van der Waals surface area contributed by atoms with Gasteiger partial charge in [-0.05, 0) is 112 Å². The molecule has 2 aromatic rings. The van der Waals surface area contributed by atoms with Crippen molar-refractivity contribution in [2.75, 3.05) is 38.7 Å². The zero-order valence-electron chi connectivity index (χ0n) is 28.4. The van der Waals surface area contributed by atoms with Crippen LogP contribution in [-0.4, -0.2) is 76.4 Å². The predicted octanol–water partition coefficient (Wildman–Crippen LogP) is 5.89. The van der Waals surface area contributed by atoms with Crippen molar-refractivity contribution < 1.29 is 27.5 Å². The molecule has 1 saturated carbocycles. The summed E-state index contributed by atoms with van der Waals surface area (Å²) in [5.41, 5.74) is 3.26. The van der Waals surface area contributed by atoms with Gasteiger partial charge in [0.15, 0.2) is 0 Å². The fraction of sp³-hybridized carbons (Fsp3) is 0.568. The number of rotatable bonds is 4. The number of sulfonamides is 1. The zero-order chi connectivity index (χ0) is 34.2. The third kappa shape index (κ3) is 6.98. The Hall–Kier alpha value is -3.08. The van der Waals surface area contributed by atoms with Crippen molar-refractivity contribution in [3.63, 3.8) is 0 Å². The first-order valence-corrected chi connectivity index (χ1v) is 19.2. The maximum Gasteiger partial charge on any atom is 0.264 e. The van der Waals surface area contributed by atoms with Gasteiger partial charge in [0.05, 0.1) is 23.6 Å². The maximum absolute atomic E-state index is 13.5. The van der Waals surface area contributed by atoms with E-state index in [1.54, 1.807) is 44.1 Å². The molecule has 6 atom stereocenters. The van der Waals surface area contributed by atoms with E-state index in [2.05, 4.69) is 21.8 Å². The van der Waals surface area contributed by atoms with Crippen molar-refractivity contribution in [2.45, 2.75) is 88.1 Å². The second kappa shape index (κ2) is 14.0. The number of allylic oxidation sites excluding steroid dienone is 1. The lowest BCUT2D eigenvalue weighted by molar-refractivity contribution is -0.146. The third-order valence-electron chi connectivity index (χ3n) is 10.9. The standard InChI is InChI=1S/C37H48ClN3O6S/c1-5-29-10-6-7-11-33(47-24(2)36(43)40(3)4)30-15-12-27(30)21-41-22-37(18-8-9-25-19-28(38)14-16-31(25)37)23-46-34-17-13-26(20-32(34)41)35(42)39-48(29,44)45/h7,11,13-14,16-17,19-20,24,27,29-30,33H,5-6,8-10,12,15,18,21-23H2,1-4H3,(H,39,42)/b11-7-/t24-,27-,29+,30+,33-,37-/m0/s1. The molecule has 2 bridgehead atoms. The van der Waals surface area contributed by atoms with Gasteiger partial charge in [-0.2, -0.15) is 0 Å². The highest BCUT2D eigenvalue weighted by Crippen LogP contribution is 2.47. The molecule has 2 aromatic carbocycles. The average Bonchev–Trinajstić information content (AvgIpc) is 3.18. The number of fused-ring (bicyclic) bond motifs is 4. The summed E-state index contributed by atoms with van der Waals surface area (Å²) in [4.78, 5) is 30.3. The van der Waals surface area contributed by atoms with E-state index in [1.165, 1.54) is 11.1 Å². The molecule has 2 amide bonds. The molecule has 48 heavy (non-hydrogen) atoms. The monoisotopic (exact) mass is 697 g/mol. The van der Waals surface area contributed by atoms with Crippen LogP contribution in [0.3, 0.4) is 0 Å². The van der Waals surface area contributed by atoms with Crippen LogP contribution < -0.4 is 14.4 Å². The van der Waals surface area contributed by atoms with E-state index in [1.807, 2.05) is 25.1 Å². The Morgan fingerprint density at radius 3 is 2.73 bits per heavy atom. The topological polar surface area (TPSA) is 105 Å². The van der Waals surface area contributed by atoms with Gasteiger partial charge in [-0.1, -0.05) is 36.7 Å². The van der Waals surface area contributed by atoms with Crippen LogP contribution >= 0.6 is 11.6 Å². The minimum atomic E-state index is -3.93. The number of anilines is 1. The molecule has 0 aromatic heterocycles. The molecular weight excluding hydrogens is 650 g/mol. The van der Waals surface area contributed by atoms with Crippen LogP contribution in [0.4, 0.5) is 5.69 Å². The quantitative estimate of drug-likeness (QED) is 0.398. The van der Waals surface area contributed by atoms with Gasteiger partial charge in [-0.15, -0.1) is 0 Å². The first-order valence-electron chi connectivity index (χ1n) is 17.3. The number of aryl methyl sites for hydroxylation is 1. The number of halogens is 1. The Labute approximate surface area is 290 Å². The number of nitrogens with zero attached hydrogens (tertiary/aromatic N) is 2. The molecular formula is C37H48ClN3O6S. The average molecular weight is 698 g/mol. The molecule has 260 valence electrons. The number of amides is 2. The molecule has 6 rings (SSSR count). The van der Waals surface area contributed by atoms with Crippen LogP contribution in [0.15, 0.2) is 48.6 Å². The second-order valence-electron chi connectivity index (χ2n) is 14.3. The summed E-state index contributed by atoms with van der Waals surface area (Å²) in [5, 5.41) is -0.00704. The van der Waals surface area contributed by atoms with E-state index in [9.17, 15) is 18.0 Å². The van der Waals surface area contributed by atoms with Gasteiger partial charge in [-0.25, -0.2) is 13.1 Å². The Kier molecular flexibility index (Phi) is 10.2. The summed E-state index contributed by atoms with van der Waals surface area (Å²) in [6.45, 7) is 5.48. The Morgan fingerprint density at radius 1 is 1.19 bits per heavy atom. The fourth-order valence-electron chi connectivity index (χ4n) is 8.10. The highest BCUT2D eigenvalue weighted by atomic mass is 35.5. The summed E-state index contributed by atoms with van der Waals surface area (Å²) in [6, 6.07) is 11.4. The lowest BCUT2D eigenvalue weighted by Gasteiger charge is -2.46. The van der Waals surface area contributed by atoms with E-state index in [0.29, 0.717) is 44.7 Å². The van der Waals surface area contributed by atoms with Gasteiger partial charge in [0, 0.05) is 43.2 Å². The molecule has 1 fully saturated rings. The summed E-state index contributed by atoms with van der Waals surface area (Å²) in [6.07, 6.45) is 9.22. The molecule has 0 saturated heterocycles. The van der Waals surface area contributed by atoms with Gasteiger partial charge < -0.3 is 19.3 Å². The predicted molar refractivity (Wildman–Crippen MR) is 188 cm³/mol. The number of benzene rings is 2. The van der Waals surface area contributed by atoms with Crippen molar-refractivity contribution in [1.29, 1.82) is 0 Å². The van der Waals surface area contributed by atoms with Gasteiger partial charge in [0.1, 0.15) is 11.9 Å². The Morgan fingerprint density at radius 2 is 2.00 bits per heavy atom. The van der Waals surface area contributed by atoms with Crippen molar-refractivity contribution in [2.24, 2.45) is 11.8 Å². The molecule has 2 heterocycles. The van der Waals surface area contributed by atoms with E-state index in [0.717, 1.165) is 42.8 Å². The first-order chi connectivity index (χ1) is 22.9. The van der Waals surface area contributed by atoms with E-state index in [-0.39, 0.29) is 34.8 Å². The number of carbonyl (C=O) groups excluding carboxylic acids is 2. The number of hydrogen-bond acceptors (Lipinski definition) is 7. The molecule has 1 N–H and O–H groups in total. The van der Waals surface area contributed by atoms with Gasteiger partial charge in [0.25, 0.3) is 11.8 Å². The smallest absolute Gasteiger partial charge is 0.264 e. The van der Waals surface area contributed by atoms with Crippen molar-refractivity contribution >= 4 is 39.1 Å². The largest absolute Gasteiger partial charge is 0.490 e. The molecule has 4 aliphatic rings. The van der Waals surface area contributed by atoms with E-state index in [4.69, 9.17) is 21.1 Å². The summed E-state index contributed by atoms with van der Waals surface area (Å²) in [5.74, 6) is 0.388. The molecule has 11 heteroatoms. The number of ether oxygens (including phenoxy) is 2. The van der Waals surface area contributed by atoms with E-state index >= 15 is 0 Å². The van der Waals surface area contributed by atoms with Gasteiger partial charge in [0.2, 0.25) is 10.0 Å². The fourth-order valence-corrected chi connectivity index (χ4v) is 9.72. The van der Waals surface area contributed by atoms with Crippen LogP contribution in [0.2, 0.25) is 5.02 Å². The number of carbonyl (C=O) groups is 2. The van der Waals surface area contributed by atoms with Crippen LogP contribution in [0.5, 0.6) is 5.75 Å². The lowest BCUT2D eigenvalue weighted by atomic mass is 9.68. The van der Waals surface area contributed by atoms with Crippen molar-refractivity contribution in [3.8, 4) is 5.75 Å². The normalized spacial score (nSPS) is 29.6. The van der Waals surface area contributed by atoms with Crippen LogP contribution in [0, 0.1) is 11.8 Å². The highest BCUT2D eigenvalue weighted by molar-refractivity contribution is 7.90. The van der Waals surface area contributed by atoms with Crippen LogP contribution in [0.1, 0.15) is 80.3 Å². The number of hydrogen-bond donors (Lipinski definition) is 1. The molecule has 9 nitrogen and oxygen atoms in total. The van der Waals surface area contributed by atoms with Gasteiger partial charge in [-0.3, -0.25) is 9.59 Å². The van der Waals surface area contributed by atoms with Crippen molar-refractivity contribution in [3.05, 3.63) is 70.3 Å². The summed E-state index contributed by atoms with van der Waals surface area (Å²) in [7, 11) is -0.472. The summed E-state index contributed by atoms with van der Waals surface area (Å²) >= 11 is 6.44. The SMILES string of the molecule is CC[C@@H]1CC/C=C\[C@H](O[C@@H](C)C(=O)N(C)C)[C@@H]2CC[C@H]2CN2C[C@@]3(CCCc4cc(Cl)ccc43)COc3ccc(cc32)C(=O)NS1(=O)=O. The van der Waals surface area contributed by atoms with Crippen molar-refractivity contribution in [1.82, 2.24) is 9.62 Å². The molecule has 0 unspecified atom stereocenters. The number of nitrogens with one attached hydrogen (secondary N) is 1. The third-order valence-corrected chi connectivity index (χ3v) is 13.1. The summed E-state index contributed by atoms with van der Waals surface area (Å²) < 4.78 is 42.3. The second-order valence-corrected chi connectivity index (χ2v) is 16.7. The maximum atomic E-state index is 13.5. The minimum absolute atomic E-state index is 0.0940. The molecule has 2 aliphatic heterocycles. The van der Waals surface area contributed by atoms with Crippen LogP contribution in [-0.2, 0) is 31.4 Å². The zero-order valence-corrected chi connectivity index (χ0v) is 30.0. The van der Waals surface area contributed by atoms with Gasteiger partial charge >= 0.3 is 0 Å². The Balaban J connectivity index is 1.41. The first kappa shape index (κ1) is 34.8. The Bertz CT molecular complexity index is 1680. The van der Waals surface area contributed by atoms with E-state index < -0.39 is 27.3 Å². The molecule has 0 radical (unpaired) electrons. The number of likely N-dealkylation sites (N-methyl/N-ethyl adjacent to an activating group) is 1. The lowest BCUT2D eigenvalue weighted by Crippen LogP contribution is -2.50. The highest BCUT2D eigenvalue weighted by Gasteiger charge is 2.45. The minimum Gasteiger partial charge on any atom is -0.490 e. The molecule has 1 spiro atoms.